The molecular weight excluding hydrogens is 352 g/mol. The van der Waals surface area contributed by atoms with E-state index in [-0.39, 0.29) is 5.96 Å². The Morgan fingerprint density at radius 1 is 1.41 bits per heavy atom. The van der Waals surface area contributed by atoms with Crippen LogP contribution in [0.15, 0.2) is 26.2 Å². The van der Waals surface area contributed by atoms with Crippen LogP contribution in [0.2, 0.25) is 0 Å². The summed E-state index contributed by atoms with van der Waals surface area (Å²) >= 11 is 6.86. The molecule has 0 spiro atoms. The Balaban J connectivity index is 2.98. The second-order valence-electron chi connectivity index (χ2n) is 3.06. The van der Waals surface area contributed by atoms with Crippen molar-refractivity contribution in [3.63, 3.8) is 0 Å². The Bertz CT molecular complexity index is 433. The summed E-state index contributed by atoms with van der Waals surface area (Å²) in [7, 11) is 0. The quantitative estimate of drug-likeness (QED) is 0.408. The average Bonchev–Trinajstić information content (AvgIpc) is 2.23. The number of hydrogen-bond acceptors (Lipinski definition) is 2. The van der Waals surface area contributed by atoms with Crippen molar-refractivity contribution in [3.05, 3.63) is 26.6 Å². The smallest absolute Gasteiger partial charge is 0.256 e. The number of halogens is 2. The molecule has 5 N–H and O–H groups in total. The van der Waals surface area contributed by atoms with Gasteiger partial charge in [0.05, 0.1) is 15.6 Å². The van der Waals surface area contributed by atoms with Gasteiger partial charge in [-0.2, -0.15) is 0 Å². The summed E-state index contributed by atoms with van der Waals surface area (Å²) < 4.78 is 7.18. The number of hydrazone groups is 1. The molecule has 0 bridgehead atoms. The van der Waals surface area contributed by atoms with Gasteiger partial charge in [0.1, 0.15) is 5.75 Å². The largest absolute Gasteiger partial charge is 0.492 e. The van der Waals surface area contributed by atoms with Gasteiger partial charge in [0, 0.05) is 10.7 Å². The molecule has 0 aliphatic rings. The van der Waals surface area contributed by atoms with Gasteiger partial charge in [0.25, 0.3) is 5.96 Å². The van der Waals surface area contributed by atoms with Gasteiger partial charge in [0.2, 0.25) is 6.21 Å². The van der Waals surface area contributed by atoms with Crippen LogP contribution in [0.3, 0.4) is 0 Å². The van der Waals surface area contributed by atoms with Gasteiger partial charge in [0.15, 0.2) is 0 Å². The van der Waals surface area contributed by atoms with Crippen molar-refractivity contribution >= 4 is 44.0 Å². The first-order valence-electron chi connectivity index (χ1n) is 4.83. The molecule has 0 aliphatic carbocycles. The summed E-state index contributed by atoms with van der Waals surface area (Å²) in [6, 6.07) is 3.79. The SMILES string of the molecule is CCOc1c(Br)cc(/C=[NH+]/N=C(N)N)cc1Br. The van der Waals surface area contributed by atoms with Crippen molar-refractivity contribution in [1.29, 1.82) is 0 Å². The molecule has 0 aromatic heterocycles. The maximum atomic E-state index is 5.47. The van der Waals surface area contributed by atoms with E-state index in [1.54, 1.807) is 6.21 Å². The summed E-state index contributed by atoms with van der Waals surface area (Å²) in [5.41, 5.74) is 11.3. The van der Waals surface area contributed by atoms with E-state index in [0.29, 0.717) is 6.61 Å². The predicted octanol–water partition coefficient (Wildman–Crippen LogP) is 0.298. The highest BCUT2D eigenvalue weighted by Gasteiger charge is 2.08. The molecule has 0 unspecified atom stereocenters. The van der Waals surface area contributed by atoms with Gasteiger partial charge < -0.3 is 16.2 Å². The number of nitrogens with one attached hydrogen (secondary N) is 1. The van der Waals surface area contributed by atoms with Crippen LogP contribution in [-0.4, -0.2) is 18.8 Å². The highest BCUT2D eigenvalue weighted by atomic mass is 79.9. The molecule has 0 aliphatic heterocycles. The first kappa shape index (κ1) is 14.0. The van der Waals surface area contributed by atoms with E-state index in [9.17, 15) is 0 Å². The second kappa shape index (κ2) is 6.61. The molecule has 1 aromatic rings. The van der Waals surface area contributed by atoms with E-state index in [4.69, 9.17) is 16.2 Å². The van der Waals surface area contributed by atoms with Crippen molar-refractivity contribution in [2.45, 2.75) is 6.92 Å². The van der Waals surface area contributed by atoms with Crippen molar-refractivity contribution in [2.24, 2.45) is 16.6 Å². The zero-order chi connectivity index (χ0) is 12.8. The van der Waals surface area contributed by atoms with Crippen LogP contribution in [0.5, 0.6) is 5.75 Å². The van der Waals surface area contributed by atoms with Gasteiger partial charge in [-0.15, -0.1) is 5.10 Å². The van der Waals surface area contributed by atoms with Crippen molar-refractivity contribution in [3.8, 4) is 5.75 Å². The summed E-state index contributed by atoms with van der Waals surface area (Å²) in [5.74, 6) is 0.747. The Labute approximate surface area is 116 Å². The zero-order valence-electron chi connectivity index (χ0n) is 9.21. The third kappa shape index (κ3) is 4.35. The van der Waals surface area contributed by atoms with Crippen LogP contribution in [0.25, 0.3) is 0 Å². The number of nitrogens with two attached hydrogens (primary N) is 2. The second-order valence-corrected chi connectivity index (χ2v) is 4.77. The number of guanidine groups is 1. The highest BCUT2D eigenvalue weighted by molar-refractivity contribution is 9.11. The van der Waals surface area contributed by atoms with Crippen molar-refractivity contribution in [1.82, 2.24) is 0 Å². The molecule has 17 heavy (non-hydrogen) atoms. The standard InChI is InChI=1S/C10H12Br2N4O/c1-2-17-9-7(11)3-6(4-8(9)12)5-15-16-10(13)14/h3-5H,2H2,1H3,(H4,13,14,16)/p+1/b15-5+. The molecule has 92 valence electrons. The fourth-order valence-corrected chi connectivity index (χ4v) is 2.58. The Kier molecular flexibility index (Phi) is 5.43. The summed E-state index contributed by atoms with van der Waals surface area (Å²) in [5, 5.41) is 6.28. The molecule has 0 saturated heterocycles. The first-order valence-corrected chi connectivity index (χ1v) is 6.42. The lowest BCUT2D eigenvalue weighted by Crippen LogP contribution is -2.63. The average molecular weight is 365 g/mol. The number of hydrogen-bond donors (Lipinski definition) is 3. The molecular formula is C10H13Br2N4O+. The van der Waals surface area contributed by atoms with E-state index in [0.717, 1.165) is 20.3 Å². The molecule has 1 aromatic carbocycles. The van der Waals surface area contributed by atoms with Crippen LogP contribution >= 0.6 is 31.9 Å². The number of rotatable bonds is 4. The summed E-state index contributed by atoms with van der Waals surface area (Å²) in [6.07, 6.45) is 1.67. The molecule has 1 rings (SSSR count). The molecule has 0 radical (unpaired) electrons. The first-order chi connectivity index (χ1) is 8.04. The van der Waals surface area contributed by atoms with Crippen molar-refractivity contribution < 1.29 is 9.84 Å². The maximum Gasteiger partial charge on any atom is 0.256 e. The van der Waals surface area contributed by atoms with Crippen LogP contribution in [0, 0.1) is 0 Å². The minimum Gasteiger partial charge on any atom is -0.492 e. The zero-order valence-corrected chi connectivity index (χ0v) is 12.4. The van der Waals surface area contributed by atoms with Gasteiger partial charge in [-0.05, 0) is 50.9 Å². The maximum absolute atomic E-state index is 5.47. The van der Waals surface area contributed by atoms with E-state index >= 15 is 0 Å². The van der Waals surface area contributed by atoms with Crippen LogP contribution in [0.4, 0.5) is 0 Å². The number of ether oxygens (including phenoxy) is 1. The van der Waals surface area contributed by atoms with Crippen LogP contribution in [0.1, 0.15) is 12.5 Å². The number of nitrogens with zero attached hydrogens (tertiary/aromatic N) is 1. The monoisotopic (exact) mass is 363 g/mol. The number of benzene rings is 1. The molecule has 0 heterocycles. The molecule has 5 nitrogen and oxygen atoms in total. The normalized spacial score (nSPS) is 10.5. The third-order valence-electron chi connectivity index (χ3n) is 1.73. The topological polar surface area (TPSA) is 87.6 Å². The fraction of sp³-hybridized carbons (Fsp3) is 0.200. The lowest BCUT2D eigenvalue weighted by Gasteiger charge is -2.08. The highest BCUT2D eigenvalue weighted by Crippen LogP contribution is 2.34. The van der Waals surface area contributed by atoms with Crippen molar-refractivity contribution in [2.75, 3.05) is 6.61 Å². The van der Waals surface area contributed by atoms with E-state index in [1.165, 1.54) is 0 Å². The minimum atomic E-state index is -0.0229. The Hall–Kier alpha value is -1.08. The minimum absolute atomic E-state index is 0.0229. The molecule has 7 heteroatoms. The Morgan fingerprint density at radius 2 is 2.00 bits per heavy atom. The molecule has 0 amide bonds. The van der Waals surface area contributed by atoms with Gasteiger partial charge in [-0.3, -0.25) is 0 Å². The van der Waals surface area contributed by atoms with Gasteiger partial charge >= 0.3 is 0 Å². The lowest BCUT2D eigenvalue weighted by molar-refractivity contribution is -0.456. The van der Waals surface area contributed by atoms with Crippen LogP contribution in [-0.2, 0) is 0 Å². The summed E-state index contributed by atoms with van der Waals surface area (Å²) in [4.78, 5) is 0. The summed E-state index contributed by atoms with van der Waals surface area (Å²) in [6.45, 7) is 2.53. The van der Waals surface area contributed by atoms with E-state index in [1.807, 2.05) is 19.1 Å². The van der Waals surface area contributed by atoms with Gasteiger partial charge in [-0.1, -0.05) is 0 Å². The molecule has 0 saturated carbocycles. The fourth-order valence-electron chi connectivity index (χ4n) is 1.13. The van der Waals surface area contributed by atoms with Gasteiger partial charge in [-0.25, -0.2) is 0 Å². The predicted molar refractivity (Wildman–Crippen MR) is 74.9 cm³/mol. The third-order valence-corrected chi connectivity index (χ3v) is 2.91. The van der Waals surface area contributed by atoms with Crippen LogP contribution < -0.4 is 21.3 Å². The molecule has 0 atom stereocenters. The lowest BCUT2D eigenvalue weighted by atomic mass is 10.2. The van der Waals surface area contributed by atoms with E-state index < -0.39 is 0 Å². The van der Waals surface area contributed by atoms with E-state index in [2.05, 4.69) is 42.1 Å². The Morgan fingerprint density at radius 3 is 2.47 bits per heavy atom. The molecule has 0 fully saturated rings.